The van der Waals surface area contributed by atoms with Crippen molar-refractivity contribution in [3.63, 3.8) is 0 Å². The van der Waals surface area contributed by atoms with Crippen LogP contribution < -0.4 is 5.32 Å². The van der Waals surface area contributed by atoms with Crippen LogP contribution in [0.15, 0.2) is 0 Å². The fraction of sp³-hybridized carbons (Fsp3) is 1.00. The summed E-state index contributed by atoms with van der Waals surface area (Å²) in [5.74, 6) is 0. The Morgan fingerprint density at radius 3 is 2.40 bits per heavy atom. The molecule has 0 aliphatic carbocycles. The molecule has 26 valence electrons. The molecule has 5 heavy (non-hydrogen) atoms. The average molecular weight is 177 g/mol. The van der Waals surface area contributed by atoms with Gasteiger partial charge in [0, 0.05) is 0 Å². The van der Waals surface area contributed by atoms with Crippen molar-refractivity contribution in [3.05, 3.63) is 0 Å². The molecule has 0 aromatic rings. The Balaban J connectivity index is 2.19. The molecule has 0 saturated carbocycles. The molecule has 1 N–H and O–H groups in total. The standard InChI is InChI=1S/C3H8N.Sn/c1-3-4-2;/h4H,1,3H2,2H3;/q;+3. The Kier molecular flexibility index (Phi) is 5.48. The van der Waals surface area contributed by atoms with Crippen LogP contribution in [0, 0.1) is 0 Å². The predicted molar refractivity (Wildman–Crippen MR) is 24.5 cm³/mol. The summed E-state index contributed by atoms with van der Waals surface area (Å²) in [6.45, 7) is 1.18. The molecule has 0 saturated heterocycles. The van der Waals surface area contributed by atoms with E-state index in [0.717, 1.165) is 0 Å². The molecule has 0 amide bonds. The van der Waals surface area contributed by atoms with E-state index >= 15 is 0 Å². The molecular weight excluding hydrogens is 169 g/mol. The second-order valence-electron chi connectivity index (χ2n) is 0.854. The molecule has 0 radical (unpaired) electrons. The molecular formula is C3H8NSn+3. The predicted octanol–water partition coefficient (Wildman–Crippen LogP) is -0.207. The van der Waals surface area contributed by atoms with Crippen LogP contribution in [0.25, 0.3) is 0 Å². The summed E-state index contributed by atoms with van der Waals surface area (Å²) in [7, 11) is 1.98. The van der Waals surface area contributed by atoms with E-state index in [4.69, 9.17) is 0 Å². The monoisotopic (exact) mass is 178 g/mol. The fourth-order valence-corrected chi connectivity index (χ4v) is 0.839. The Morgan fingerprint density at radius 2 is 2.40 bits per heavy atom. The van der Waals surface area contributed by atoms with Crippen molar-refractivity contribution >= 4 is 22.5 Å². The third-order valence-electron chi connectivity index (χ3n) is 0.375. The first-order valence-corrected chi connectivity index (χ1v) is 3.73. The Bertz CT molecular complexity index is 14.4. The molecule has 0 aromatic carbocycles. The first-order chi connectivity index (χ1) is 2.41. The number of rotatable bonds is 2. The van der Waals surface area contributed by atoms with Gasteiger partial charge in [0.05, 0.1) is 0 Å². The zero-order valence-electron chi connectivity index (χ0n) is 3.41. The van der Waals surface area contributed by atoms with Gasteiger partial charge in [-0.25, -0.2) is 0 Å². The third kappa shape index (κ3) is 4.76. The first kappa shape index (κ1) is 5.76. The SMILES string of the molecule is CNC[CH2][Sn+3]. The van der Waals surface area contributed by atoms with Crippen LogP contribution in [0.5, 0.6) is 0 Å². The van der Waals surface area contributed by atoms with E-state index in [1.54, 1.807) is 22.5 Å². The van der Waals surface area contributed by atoms with E-state index in [0.29, 0.717) is 0 Å². The minimum absolute atomic E-state index is 1.18. The Labute approximate surface area is 46.2 Å². The van der Waals surface area contributed by atoms with E-state index < -0.39 is 0 Å². The molecule has 0 spiro atoms. The second-order valence-corrected chi connectivity index (χ2v) is 2.28. The first-order valence-electron chi connectivity index (χ1n) is 1.71. The molecule has 0 aromatic heterocycles. The summed E-state index contributed by atoms with van der Waals surface area (Å²) in [5, 5.41) is 3.04. The quantitative estimate of drug-likeness (QED) is 0.575. The molecule has 0 rings (SSSR count). The molecule has 0 fully saturated rings. The fourth-order valence-electron chi connectivity index (χ4n) is 0.125. The van der Waals surface area contributed by atoms with E-state index in [1.807, 2.05) is 7.05 Å². The zero-order valence-corrected chi connectivity index (χ0v) is 6.27. The van der Waals surface area contributed by atoms with Gasteiger partial charge in [-0.15, -0.1) is 0 Å². The van der Waals surface area contributed by atoms with E-state index in [1.165, 1.54) is 11.0 Å². The van der Waals surface area contributed by atoms with Crippen molar-refractivity contribution in [2.24, 2.45) is 0 Å². The van der Waals surface area contributed by atoms with E-state index in [-0.39, 0.29) is 0 Å². The summed E-state index contributed by atoms with van der Waals surface area (Å²) >= 11 is 1.62. The molecule has 0 aliphatic heterocycles. The molecule has 0 unspecified atom stereocenters. The van der Waals surface area contributed by atoms with Gasteiger partial charge in [-0.3, -0.25) is 0 Å². The van der Waals surface area contributed by atoms with Crippen molar-refractivity contribution in [2.45, 2.75) is 4.44 Å². The molecule has 0 aliphatic rings. The van der Waals surface area contributed by atoms with Gasteiger partial charge in [0.1, 0.15) is 0 Å². The second kappa shape index (κ2) is 4.76. The van der Waals surface area contributed by atoms with Crippen LogP contribution in [0.2, 0.25) is 4.44 Å². The maximum atomic E-state index is 3.04. The summed E-state index contributed by atoms with van der Waals surface area (Å²) in [6.07, 6.45) is 0. The van der Waals surface area contributed by atoms with Gasteiger partial charge < -0.3 is 0 Å². The van der Waals surface area contributed by atoms with Gasteiger partial charge in [0.2, 0.25) is 0 Å². The molecule has 1 nitrogen and oxygen atoms in total. The third-order valence-corrected chi connectivity index (χ3v) is 1.09. The minimum atomic E-state index is 1.18. The molecule has 0 bridgehead atoms. The van der Waals surface area contributed by atoms with Gasteiger partial charge in [-0.1, -0.05) is 0 Å². The summed E-state index contributed by atoms with van der Waals surface area (Å²) in [4.78, 5) is 0. The topological polar surface area (TPSA) is 12.0 Å². The van der Waals surface area contributed by atoms with E-state index in [2.05, 4.69) is 5.32 Å². The summed E-state index contributed by atoms with van der Waals surface area (Å²) < 4.78 is 1.32. The van der Waals surface area contributed by atoms with E-state index in [9.17, 15) is 0 Å². The van der Waals surface area contributed by atoms with Crippen molar-refractivity contribution < 1.29 is 0 Å². The Hall–Kier alpha value is 0.759. The molecule has 2 heteroatoms. The van der Waals surface area contributed by atoms with Crippen LogP contribution in [0.1, 0.15) is 0 Å². The van der Waals surface area contributed by atoms with Gasteiger partial charge in [0.15, 0.2) is 0 Å². The molecule has 0 atom stereocenters. The van der Waals surface area contributed by atoms with Gasteiger partial charge >= 0.3 is 45.9 Å². The van der Waals surface area contributed by atoms with Crippen LogP contribution in [-0.4, -0.2) is 36.1 Å². The van der Waals surface area contributed by atoms with Crippen molar-refractivity contribution in [3.8, 4) is 0 Å². The zero-order chi connectivity index (χ0) is 4.12. The van der Waals surface area contributed by atoms with Crippen LogP contribution in [0.3, 0.4) is 0 Å². The van der Waals surface area contributed by atoms with Crippen LogP contribution in [-0.2, 0) is 0 Å². The van der Waals surface area contributed by atoms with Crippen LogP contribution in [0.4, 0.5) is 0 Å². The van der Waals surface area contributed by atoms with Gasteiger partial charge in [-0.2, -0.15) is 0 Å². The van der Waals surface area contributed by atoms with Crippen LogP contribution >= 0.6 is 0 Å². The Morgan fingerprint density at radius 1 is 1.80 bits per heavy atom. The normalized spacial score (nSPS) is 8.60. The molecule has 0 heterocycles. The van der Waals surface area contributed by atoms with Crippen molar-refractivity contribution in [1.29, 1.82) is 0 Å². The average Bonchev–Trinajstić information content (AvgIpc) is 1.41. The number of hydrogen-bond acceptors (Lipinski definition) is 1. The number of hydrogen-bond donors (Lipinski definition) is 1. The van der Waals surface area contributed by atoms with Gasteiger partial charge in [-0.05, 0) is 0 Å². The van der Waals surface area contributed by atoms with Crippen molar-refractivity contribution in [1.82, 2.24) is 5.32 Å². The number of nitrogens with one attached hydrogen (secondary N) is 1. The summed E-state index contributed by atoms with van der Waals surface area (Å²) in [5.41, 5.74) is 0. The van der Waals surface area contributed by atoms with Gasteiger partial charge in [0.25, 0.3) is 0 Å². The summed E-state index contributed by atoms with van der Waals surface area (Å²) in [6, 6.07) is 0. The van der Waals surface area contributed by atoms with Crippen molar-refractivity contribution in [2.75, 3.05) is 13.6 Å². The maximum absolute atomic E-state index is 3.04.